The van der Waals surface area contributed by atoms with Gasteiger partial charge in [0.05, 0.1) is 0 Å². The molecule has 0 aromatic heterocycles. The quantitative estimate of drug-likeness (QED) is 0.247. The first-order chi connectivity index (χ1) is 17.5. The van der Waals surface area contributed by atoms with Crippen LogP contribution in [0.3, 0.4) is 0 Å². The van der Waals surface area contributed by atoms with Crippen molar-refractivity contribution in [2.45, 2.75) is 19.4 Å². The summed E-state index contributed by atoms with van der Waals surface area (Å²) in [6.07, 6.45) is 6.38. The van der Waals surface area contributed by atoms with Crippen LogP contribution >= 0.6 is 11.8 Å². The molecule has 4 rings (SSSR count). The lowest BCUT2D eigenvalue weighted by molar-refractivity contribution is -0.139. The summed E-state index contributed by atoms with van der Waals surface area (Å²) in [4.78, 5) is 24.9. The Labute approximate surface area is 216 Å². The molecule has 0 fully saturated rings. The summed E-state index contributed by atoms with van der Waals surface area (Å²) in [7, 11) is 0. The molecule has 4 nitrogen and oxygen atoms in total. The van der Waals surface area contributed by atoms with Crippen molar-refractivity contribution < 1.29 is 14.7 Å². The summed E-state index contributed by atoms with van der Waals surface area (Å²) >= 11 is 1.56. The maximum atomic E-state index is 13.2. The van der Waals surface area contributed by atoms with Crippen LogP contribution in [-0.4, -0.2) is 35.0 Å². The molecule has 182 valence electrons. The minimum Gasteiger partial charge on any atom is -0.480 e. The zero-order chi connectivity index (χ0) is 25.5. The molecule has 0 aliphatic carbocycles. The molecule has 1 amide bonds. The zero-order valence-corrected chi connectivity index (χ0v) is 21.2. The van der Waals surface area contributed by atoms with Gasteiger partial charge in [-0.25, -0.2) is 4.79 Å². The van der Waals surface area contributed by atoms with Crippen LogP contribution in [0.5, 0.6) is 0 Å². The molecule has 0 spiro atoms. The molecule has 0 saturated carbocycles. The van der Waals surface area contributed by atoms with Crippen LogP contribution in [0, 0.1) is 6.92 Å². The van der Waals surface area contributed by atoms with Crippen molar-refractivity contribution in [2.75, 3.05) is 12.0 Å². The normalized spacial score (nSPS) is 12.1. The third-order valence-electron chi connectivity index (χ3n) is 6.18. The van der Waals surface area contributed by atoms with Crippen LogP contribution in [0.2, 0.25) is 0 Å². The number of rotatable bonds is 9. The third kappa shape index (κ3) is 6.04. The zero-order valence-electron chi connectivity index (χ0n) is 20.4. The summed E-state index contributed by atoms with van der Waals surface area (Å²) in [6, 6.07) is 27.2. The molecule has 0 bridgehead atoms. The van der Waals surface area contributed by atoms with E-state index in [2.05, 4.69) is 41.7 Å². The number of thioether (sulfide) groups is 1. The standard InChI is InChI=1S/C31H29NO3S/c1-21-7-3-6-10-26(21)28-20-23(12-11-22-13-15-24-8-4-5-9-25(24)19-22)14-16-27(28)30(33)32-29(31(34)35)17-18-36-2/h3-16,19-20,29H,17-18H2,1-2H3,(H,32,33)(H,34,35)/b12-11+. The molecular weight excluding hydrogens is 466 g/mol. The predicted octanol–water partition coefficient (Wildman–Crippen LogP) is 6.92. The maximum absolute atomic E-state index is 13.2. The van der Waals surface area contributed by atoms with Gasteiger partial charge in [0.2, 0.25) is 0 Å². The molecule has 0 aliphatic rings. The fourth-order valence-corrected chi connectivity index (χ4v) is 4.67. The largest absolute Gasteiger partial charge is 0.480 e. The van der Waals surface area contributed by atoms with Gasteiger partial charge in [0.25, 0.3) is 5.91 Å². The highest BCUT2D eigenvalue weighted by molar-refractivity contribution is 7.98. The molecule has 4 aromatic rings. The van der Waals surface area contributed by atoms with Gasteiger partial charge in [-0.15, -0.1) is 0 Å². The number of carboxylic acids is 1. The number of benzene rings is 4. The second-order valence-electron chi connectivity index (χ2n) is 8.71. The van der Waals surface area contributed by atoms with Crippen molar-refractivity contribution in [3.05, 3.63) is 107 Å². The highest BCUT2D eigenvalue weighted by Gasteiger charge is 2.22. The Balaban J connectivity index is 1.68. The van der Waals surface area contributed by atoms with Gasteiger partial charge in [-0.1, -0.05) is 78.9 Å². The van der Waals surface area contributed by atoms with E-state index in [0.29, 0.717) is 17.7 Å². The first kappa shape index (κ1) is 25.3. The van der Waals surface area contributed by atoms with Crippen LogP contribution in [0.15, 0.2) is 84.9 Å². The average molecular weight is 496 g/mol. The van der Waals surface area contributed by atoms with E-state index in [9.17, 15) is 14.7 Å². The number of hydrogen-bond acceptors (Lipinski definition) is 3. The molecule has 1 unspecified atom stereocenters. The topological polar surface area (TPSA) is 66.4 Å². The summed E-state index contributed by atoms with van der Waals surface area (Å²) < 4.78 is 0. The van der Waals surface area contributed by atoms with Crippen molar-refractivity contribution in [3.63, 3.8) is 0 Å². The Bertz CT molecular complexity index is 1430. The molecule has 2 N–H and O–H groups in total. The SMILES string of the molecule is CSCCC(NC(=O)c1ccc(/C=C/c2ccc3ccccc3c2)cc1-c1ccccc1C)C(=O)O. The lowest BCUT2D eigenvalue weighted by Crippen LogP contribution is -2.41. The Morgan fingerprint density at radius 1 is 0.861 bits per heavy atom. The van der Waals surface area contributed by atoms with Crippen molar-refractivity contribution in [1.82, 2.24) is 5.32 Å². The van der Waals surface area contributed by atoms with E-state index < -0.39 is 12.0 Å². The number of aryl methyl sites for hydroxylation is 1. The van der Waals surface area contributed by atoms with Crippen LogP contribution in [0.25, 0.3) is 34.1 Å². The Kier molecular flexibility index (Phi) is 8.24. The molecular formula is C31H29NO3S. The van der Waals surface area contributed by atoms with Gasteiger partial charge in [-0.05, 0) is 82.1 Å². The monoisotopic (exact) mass is 495 g/mol. The van der Waals surface area contributed by atoms with Crippen LogP contribution in [0.1, 0.15) is 33.5 Å². The van der Waals surface area contributed by atoms with Crippen molar-refractivity contribution >= 4 is 46.6 Å². The highest BCUT2D eigenvalue weighted by Crippen LogP contribution is 2.29. The van der Waals surface area contributed by atoms with E-state index >= 15 is 0 Å². The second kappa shape index (κ2) is 11.7. The number of fused-ring (bicyclic) bond motifs is 1. The first-order valence-electron chi connectivity index (χ1n) is 11.9. The number of nitrogens with one attached hydrogen (secondary N) is 1. The minimum atomic E-state index is -1.02. The predicted molar refractivity (Wildman–Crippen MR) is 151 cm³/mol. The van der Waals surface area contributed by atoms with E-state index in [1.165, 1.54) is 10.8 Å². The van der Waals surface area contributed by atoms with E-state index in [0.717, 1.165) is 27.8 Å². The van der Waals surface area contributed by atoms with Crippen LogP contribution < -0.4 is 5.32 Å². The number of carboxylic acid groups (broad SMARTS) is 1. The highest BCUT2D eigenvalue weighted by atomic mass is 32.2. The fraction of sp³-hybridized carbons (Fsp3) is 0.161. The minimum absolute atomic E-state index is 0.370. The maximum Gasteiger partial charge on any atom is 0.326 e. The lowest BCUT2D eigenvalue weighted by Gasteiger charge is -2.17. The van der Waals surface area contributed by atoms with E-state index in [1.54, 1.807) is 17.8 Å². The first-order valence-corrected chi connectivity index (χ1v) is 13.2. The number of carbonyl (C=O) groups is 2. The molecule has 0 aliphatic heterocycles. The van der Waals surface area contributed by atoms with Crippen molar-refractivity contribution in [1.29, 1.82) is 0 Å². The summed E-state index contributed by atoms with van der Waals surface area (Å²) in [6.45, 7) is 2.01. The van der Waals surface area contributed by atoms with Gasteiger partial charge >= 0.3 is 5.97 Å². The number of amides is 1. The van der Waals surface area contributed by atoms with Crippen molar-refractivity contribution in [3.8, 4) is 11.1 Å². The molecule has 1 atom stereocenters. The van der Waals surface area contributed by atoms with Gasteiger partial charge in [-0.3, -0.25) is 4.79 Å². The van der Waals surface area contributed by atoms with Gasteiger partial charge in [-0.2, -0.15) is 11.8 Å². The van der Waals surface area contributed by atoms with Gasteiger partial charge in [0.15, 0.2) is 0 Å². The summed E-state index contributed by atoms with van der Waals surface area (Å²) in [5, 5.41) is 14.7. The lowest BCUT2D eigenvalue weighted by atomic mass is 9.93. The molecule has 0 radical (unpaired) electrons. The van der Waals surface area contributed by atoms with E-state index in [4.69, 9.17) is 0 Å². The van der Waals surface area contributed by atoms with Crippen molar-refractivity contribution in [2.24, 2.45) is 0 Å². The molecule has 5 heteroatoms. The van der Waals surface area contributed by atoms with Gasteiger partial charge in [0.1, 0.15) is 6.04 Å². The van der Waals surface area contributed by atoms with E-state index in [-0.39, 0.29) is 5.91 Å². The third-order valence-corrected chi connectivity index (χ3v) is 6.82. The molecule has 0 heterocycles. The average Bonchev–Trinajstić information content (AvgIpc) is 2.89. The molecule has 4 aromatic carbocycles. The summed E-state index contributed by atoms with van der Waals surface area (Å²) in [5.41, 5.74) is 5.27. The molecule has 0 saturated heterocycles. The second-order valence-corrected chi connectivity index (χ2v) is 9.69. The Morgan fingerprint density at radius 2 is 1.53 bits per heavy atom. The van der Waals surface area contributed by atoms with Crippen LogP contribution in [-0.2, 0) is 4.79 Å². The number of aliphatic carboxylic acids is 1. The smallest absolute Gasteiger partial charge is 0.326 e. The van der Waals surface area contributed by atoms with Gasteiger partial charge in [0, 0.05) is 5.56 Å². The number of hydrogen-bond donors (Lipinski definition) is 2. The summed E-state index contributed by atoms with van der Waals surface area (Å²) in [5.74, 6) is -0.753. The van der Waals surface area contributed by atoms with Gasteiger partial charge < -0.3 is 10.4 Å². The fourth-order valence-electron chi connectivity index (χ4n) is 4.19. The van der Waals surface area contributed by atoms with Crippen LogP contribution in [0.4, 0.5) is 0 Å². The Hall–Kier alpha value is -3.83. The van der Waals surface area contributed by atoms with E-state index in [1.807, 2.05) is 67.8 Å². The Morgan fingerprint density at radius 3 is 2.25 bits per heavy atom. The molecule has 36 heavy (non-hydrogen) atoms. The number of carbonyl (C=O) groups excluding carboxylic acids is 1.